The molecule has 0 saturated carbocycles. The predicted octanol–water partition coefficient (Wildman–Crippen LogP) is 4.11. The lowest BCUT2D eigenvalue weighted by atomic mass is 10.1. The minimum Gasteiger partial charge on any atom is -0.342 e. The number of thiocarbonyl (C=S) groups is 1. The Morgan fingerprint density at radius 2 is 1.77 bits per heavy atom. The molecule has 1 aliphatic rings. The summed E-state index contributed by atoms with van der Waals surface area (Å²) in [7, 11) is 0. The Kier molecular flexibility index (Phi) is 5.50. The van der Waals surface area contributed by atoms with Gasteiger partial charge in [-0.05, 0) is 43.3 Å². The molecule has 1 N–H and O–H groups in total. The van der Waals surface area contributed by atoms with Crippen molar-refractivity contribution in [1.29, 1.82) is 0 Å². The third-order valence-corrected chi connectivity index (χ3v) is 5.78. The molecule has 0 aliphatic carbocycles. The van der Waals surface area contributed by atoms with Gasteiger partial charge in [-0.1, -0.05) is 55.5 Å². The second-order valence-corrected chi connectivity index (χ2v) is 7.85. The van der Waals surface area contributed by atoms with Crippen LogP contribution >= 0.6 is 12.2 Å². The number of hydrogen-bond donors (Lipinski definition) is 1. The van der Waals surface area contributed by atoms with Crippen molar-refractivity contribution in [2.45, 2.75) is 32.9 Å². The van der Waals surface area contributed by atoms with Crippen molar-refractivity contribution < 1.29 is 9.59 Å². The molecule has 1 aliphatic heterocycles. The van der Waals surface area contributed by atoms with E-state index in [1.165, 1.54) is 10.5 Å². The summed E-state index contributed by atoms with van der Waals surface area (Å²) in [6.45, 7) is 4.61. The maximum Gasteiger partial charge on any atom is 0.265 e. The molecular formula is C24H23N3O2S. The molecule has 6 heteroatoms. The van der Waals surface area contributed by atoms with Gasteiger partial charge in [-0.3, -0.25) is 19.8 Å². The topological polar surface area (TPSA) is 54.3 Å². The van der Waals surface area contributed by atoms with E-state index in [-0.39, 0.29) is 22.6 Å². The summed E-state index contributed by atoms with van der Waals surface area (Å²) in [5, 5.41) is 3.82. The second-order valence-electron chi connectivity index (χ2n) is 7.46. The summed E-state index contributed by atoms with van der Waals surface area (Å²) in [6.07, 6.45) is 4.41. The SMILES string of the molecule is CC[C@H](C)N1C(=O)/C(=C\c2cn(Cc3ccccc3)c3ccccc23)C(=O)NC1=S. The number of aromatic nitrogens is 1. The molecule has 0 unspecified atom stereocenters. The monoisotopic (exact) mass is 417 g/mol. The van der Waals surface area contributed by atoms with Gasteiger partial charge >= 0.3 is 0 Å². The first-order chi connectivity index (χ1) is 14.5. The lowest BCUT2D eigenvalue weighted by molar-refractivity contribution is -0.130. The van der Waals surface area contributed by atoms with Crippen molar-refractivity contribution in [2.75, 3.05) is 0 Å². The fourth-order valence-corrected chi connectivity index (χ4v) is 4.07. The van der Waals surface area contributed by atoms with Gasteiger partial charge in [0.25, 0.3) is 11.8 Å². The van der Waals surface area contributed by atoms with E-state index in [1.54, 1.807) is 6.08 Å². The van der Waals surface area contributed by atoms with Gasteiger partial charge in [0.1, 0.15) is 5.57 Å². The molecule has 1 atom stereocenters. The van der Waals surface area contributed by atoms with Crippen LogP contribution < -0.4 is 5.32 Å². The van der Waals surface area contributed by atoms with Crippen LogP contribution in [-0.2, 0) is 16.1 Å². The third-order valence-electron chi connectivity index (χ3n) is 5.48. The number of nitrogens with one attached hydrogen (secondary N) is 1. The third kappa shape index (κ3) is 3.66. The first kappa shape index (κ1) is 20.0. The molecule has 0 bridgehead atoms. The fourth-order valence-electron chi connectivity index (χ4n) is 3.71. The van der Waals surface area contributed by atoms with Gasteiger partial charge in [-0.2, -0.15) is 0 Å². The molecule has 2 heterocycles. The molecule has 1 fully saturated rings. The van der Waals surface area contributed by atoms with Crippen LogP contribution in [0.2, 0.25) is 0 Å². The summed E-state index contributed by atoms with van der Waals surface area (Å²) in [4.78, 5) is 27.2. The van der Waals surface area contributed by atoms with Crippen LogP contribution in [0, 0.1) is 0 Å². The van der Waals surface area contributed by atoms with E-state index in [0.29, 0.717) is 6.54 Å². The van der Waals surface area contributed by atoms with Gasteiger partial charge in [-0.15, -0.1) is 0 Å². The van der Waals surface area contributed by atoms with Crippen molar-refractivity contribution in [2.24, 2.45) is 0 Å². The molecule has 30 heavy (non-hydrogen) atoms. The first-order valence-corrected chi connectivity index (χ1v) is 10.4. The first-order valence-electron chi connectivity index (χ1n) is 10.0. The van der Waals surface area contributed by atoms with Crippen molar-refractivity contribution in [1.82, 2.24) is 14.8 Å². The van der Waals surface area contributed by atoms with Crippen LogP contribution in [0.15, 0.2) is 66.4 Å². The standard InChI is InChI=1S/C24H23N3O2S/c1-3-16(2)27-23(29)20(22(28)25-24(27)30)13-18-15-26(14-17-9-5-4-6-10-17)21-12-8-7-11-19(18)21/h4-13,15-16H,3,14H2,1-2H3,(H,25,28,30)/b20-13-/t16-/m0/s1. The summed E-state index contributed by atoms with van der Waals surface area (Å²) in [5.74, 6) is -0.803. The zero-order chi connectivity index (χ0) is 21.3. The van der Waals surface area contributed by atoms with Gasteiger partial charge in [0.05, 0.1) is 0 Å². The van der Waals surface area contributed by atoms with E-state index in [4.69, 9.17) is 12.2 Å². The van der Waals surface area contributed by atoms with Crippen LogP contribution in [0.3, 0.4) is 0 Å². The zero-order valence-corrected chi connectivity index (χ0v) is 17.8. The summed E-state index contributed by atoms with van der Waals surface area (Å²) >= 11 is 5.24. The van der Waals surface area contributed by atoms with E-state index >= 15 is 0 Å². The quantitative estimate of drug-likeness (QED) is 0.386. The number of hydrogen-bond acceptors (Lipinski definition) is 3. The molecule has 152 valence electrons. The van der Waals surface area contributed by atoms with Crippen LogP contribution in [-0.4, -0.2) is 32.4 Å². The number of amides is 2. The van der Waals surface area contributed by atoms with E-state index in [1.807, 2.05) is 62.5 Å². The van der Waals surface area contributed by atoms with E-state index in [9.17, 15) is 9.59 Å². The van der Waals surface area contributed by atoms with Crippen LogP contribution in [0.25, 0.3) is 17.0 Å². The molecule has 0 radical (unpaired) electrons. The Morgan fingerprint density at radius 1 is 1.07 bits per heavy atom. The van der Waals surface area contributed by atoms with Gasteiger partial charge in [0, 0.05) is 35.2 Å². The van der Waals surface area contributed by atoms with Crippen molar-refractivity contribution >= 4 is 46.1 Å². The lowest BCUT2D eigenvalue weighted by Crippen LogP contribution is -2.56. The Hall–Kier alpha value is -3.25. The smallest absolute Gasteiger partial charge is 0.265 e. The number of carbonyl (C=O) groups is 2. The molecule has 4 rings (SSSR count). The minimum atomic E-state index is -0.454. The van der Waals surface area contributed by atoms with E-state index in [0.717, 1.165) is 22.9 Å². The Morgan fingerprint density at radius 3 is 2.50 bits per heavy atom. The maximum atomic E-state index is 13.1. The largest absolute Gasteiger partial charge is 0.342 e. The number of carbonyl (C=O) groups excluding carboxylic acids is 2. The number of para-hydroxylation sites is 1. The highest BCUT2D eigenvalue weighted by molar-refractivity contribution is 7.80. The van der Waals surface area contributed by atoms with Gasteiger partial charge in [0.15, 0.2) is 5.11 Å². The lowest BCUT2D eigenvalue weighted by Gasteiger charge is -2.33. The number of fused-ring (bicyclic) bond motifs is 1. The van der Waals surface area contributed by atoms with Gasteiger partial charge < -0.3 is 4.57 Å². The van der Waals surface area contributed by atoms with Crippen molar-refractivity contribution in [3.8, 4) is 0 Å². The molecule has 5 nitrogen and oxygen atoms in total. The van der Waals surface area contributed by atoms with Crippen LogP contribution in [0.5, 0.6) is 0 Å². The average molecular weight is 418 g/mol. The predicted molar refractivity (Wildman–Crippen MR) is 123 cm³/mol. The Labute approximate surface area is 181 Å². The minimum absolute atomic E-state index is 0.0894. The molecule has 2 amide bonds. The maximum absolute atomic E-state index is 13.1. The zero-order valence-electron chi connectivity index (χ0n) is 17.0. The highest BCUT2D eigenvalue weighted by atomic mass is 32.1. The molecular weight excluding hydrogens is 394 g/mol. The van der Waals surface area contributed by atoms with Gasteiger partial charge in [-0.25, -0.2) is 0 Å². The highest BCUT2D eigenvalue weighted by Gasteiger charge is 2.35. The molecule has 1 saturated heterocycles. The van der Waals surface area contributed by atoms with Gasteiger partial charge in [0.2, 0.25) is 0 Å². The van der Waals surface area contributed by atoms with E-state index in [2.05, 4.69) is 22.0 Å². The fraction of sp³-hybridized carbons (Fsp3) is 0.208. The summed E-state index contributed by atoms with van der Waals surface area (Å²) in [5.41, 5.74) is 3.16. The summed E-state index contributed by atoms with van der Waals surface area (Å²) in [6, 6.07) is 18.1. The van der Waals surface area contributed by atoms with Crippen LogP contribution in [0.4, 0.5) is 0 Å². The summed E-state index contributed by atoms with van der Waals surface area (Å²) < 4.78 is 2.14. The molecule has 2 aromatic carbocycles. The number of benzene rings is 2. The van der Waals surface area contributed by atoms with Crippen molar-refractivity contribution in [3.63, 3.8) is 0 Å². The van der Waals surface area contributed by atoms with E-state index < -0.39 is 5.91 Å². The molecule has 1 aromatic heterocycles. The highest BCUT2D eigenvalue weighted by Crippen LogP contribution is 2.26. The normalized spacial score (nSPS) is 16.9. The van der Waals surface area contributed by atoms with Crippen LogP contribution in [0.1, 0.15) is 31.4 Å². The Balaban J connectivity index is 1.77. The average Bonchev–Trinajstić information content (AvgIpc) is 3.09. The number of nitrogens with zero attached hydrogens (tertiary/aromatic N) is 2. The number of rotatable bonds is 5. The molecule has 0 spiro atoms. The molecule has 3 aromatic rings. The Bertz CT molecular complexity index is 1160. The van der Waals surface area contributed by atoms with Crippen molar-refractivity contribution in [3.05, 3.63) is 77.5 Å². The second kappa shape index (κ2) is 8.24.